The normalized spacial score (nSPS) is 21.9. The Morgan fingerprint density at radius 3 is 2.33 bits per heavy atom. The summed E-state index contributed by atoms with van der Waals surface area (Å²) in [6, 6.07) is 9.47. The van der Waals surface area contributed by atoms with Crippen LogP contribution in [-0.4, -0.2) is 106 Å². The molecule has 0 aliphatic carbocycles. The van der Waals surface area contributed by atoms with E-state index in [4.69, 9.17) is 19.2 Å². The summed E-state index contributed by atoms with van der Waals surface area (Å²) in [6.07, 6.45) is -2.48. The van der Waals surface area contributed by atoms with Crippen LogP contribution >= 0.6 is 0 Å². The third kappa shape index (κ3) is 7.96. The van der Waals surface area contributed by atoms with E-state index in [2.05, 4.69) is 21.2 Å². The summed E-state index contributed by atoms with van der Waals surface area (Å²) in [5.41, 5.74) is 2.08. The van der Waals surface area contributed by atoms with Crippen molar-refractivity contribution in [2.24, 2.45) is 10.9 Å². The molecule has 43 heavy (non-hydrogen) atoms. The second-order valence-corrected chi connectivity index (χ2v) is 10.6. The first-order valence-electron chi connectivity index (χ1n) is 14.3. The summed E-state index contributed by atoms with van der Waals surface area (Å²) in [5, 5.41) is 0. The van der Waals surface area contributed by atoms with Gasteiger partial charge in [-0.3, -0.25) is 0 Å². The van der Waals surface area contributed by atoms with Crippen LogP contribution in [0.1, 0.15) is 23.5 Å². The van der Waals surface area contributed by atoms with Crippen LogP contribution < -0.4 is 9.64 Å². The van der Waals surface area contributed by atoms with Crippen molar-refractivity contribution in [3.05, 3.63) is 60.3 Å². The van der Waals surface area contributed by atoms with E-state index in [-0.39, 0.29) is 23.6 Å². The number of urea groups is 1. The van der Waals surface area contributed by atoms with Gasteiger partial charge in [-0.25, -0.2) is 14.8 Å². The van der Waals surface area contributed by atoms with Crippen LogP contribution in [0.4, 0.5) is 23.8 Å². The number of methoxy groups -OCH3 is 1. The Kier molecular flexibility index (Phi) is 9.71. The SMILES string of the molecule is C=C(N=C(OC)C1CC(c2ccc(OC(F)(F)F)cc2)CN(C(=O)N2CCOCC2)C1)c1ccnc(N2CCOCC2)c1. The van der Waals surface area contributed by atoms with Crippen molar-refractivity contribution in [2.45, 2.75) is 18.7 Å². The summed E-state index contributed by atoms with van der Waals surface area (Å²) < 4.78 is 58.8. The number of amides is 2. The highest BCUT2D eigenvalue weighted by atomic mass is 19.4. The number of morpholine rings is 2. The first kappa shape index (κ1) is 30.6. The molecule has 1 aromatic carbocycles. The van der Waals surface area contributed by atoms with E-state index in [0.717, 1.165) is 30.0 Å². The highest BCUT2D eigenvalue weighted by Gasteiger charge is 2.37. The Bertz CT molecular complexity index is 1290. The zero-order valence-electron chi connectivity index (χ0n) is 24.1. The molecule has 4 heterocycles. The van der Waals surface area contributed by atoms with E-state index in [1.165, 1.54) is 12.1 Å². The molecule has 1 aromatic heterocycles. The van der Waals surface area contributed by atoms with E-state index < -0.39 is 6.36 Å². The number of carbonyl (C=O) groups is 1. The van der Waals surface area contributed by atoms with Crippen LogP contribution in [0.5, 0.6) is 5.75 Å². The molecule has 5 rings (SSSR count). The Hall–Kier alpha value is -3.84. The summed E-state index contributed by atoms with van der Waals surface area (Å²) in [5.74, 6) is 0.489. The van der Waals surface area contributed by atoms with E-state index in [1.54, 1.807) is 35.2 Å². The Morgan fingerprint density at radius 2 is 1.67 bits per heavy atom. The van der Waals surface area contributed by atoms with E-state index in [0.29, 0.717) is 70.6 Å². The number of anilines is 1. The Labute approximate surface area is 248 Å². The van der Waals surface area contributed by atoms with Crippen molar-refractivity contribution < 1.29 is 36.9 Å². The topological polar surface area (TPSA) is 89.0 Å². The largest absolute Gasteiger partial charge is 0.573 e. The molecule has 3 fully saturated rings. The van der Waals surface area contributed by atoms with Gasteiger partial charge < -0.3 is 33.6 Å². The molecule has 0 radical (unpaired) electrons. The number of aliphatic imine (C=N–C) groups is 1. The maximum absolute atomic E-state index is 13.6. The van der Waals surface area contributed by atoms with Crippen molar-refractivity contribution in [1.29, 1.82) is 0 Å². The van der Waals surface area contributed by atoms with Crippen LogP contribution in [0, 0.1) is 5.92 Å². The zero-order chi connectivity index (χ0) is 30.4. The van der Waals surface area contributed by atoms with Gasteiger partial charge in [0, 0.05) is 56.9 Å². The number of pyridine rings is 1. The van der Waals surface area contributed by atoms with Gasteiger partial charge in [-0.15, -0.1) is 13.2 Å². The maximum atomic E-state index is 13.6. The lowest BCUT2D eigenvalue weighted by Gasteiger charge is -2.41. The first-order valence-corrected chi connectivity index (χ1v) is 14.3. The van der Waals surface area contributed by atoms with Crippen molar-refractivity contribution in [3.8, 4) is 5.75 Å². The smallest absolute Gasteiger partial charge is 0.484 e. The van der Waals surface area contributed by atoms with Gasteiger partial charge in [0.15, 0.2) is 5.90 Å². The van der Waals surface area contributed by atoms with Crippen LogP contribution in [0.3, 0.4) is 0 Å². The number of hydrogen-bond acceptors (Lipinski definition) is 8. The summed E-state index contributed by atoms with van der Waals surface area (Å²) >= 11 is 0. The second kappa shape index (κ2) is 13.6. The number of carbonyl (C=O) groups excluding carboxylic acids is 1. The van der Waals surface area contributed by atoms with Gasteiger partial charge >= 0.3 is 12.4 Å². The molecule has 3 aliphatic heterocycles. The molecule has 232 valence electrons. The molecular weight excluding hydrogens is 567 g/mol. The predicted molar refractivity (Wildman–Crippen MR) is 154 cm³/mol. The van der Waals surface area contributed by atoms with Crippen LogP contribution in [0.2, 0.25) is 0 Å². The number of piperidine rings is 1. The van der Waals surface area contributed by atoms with Crippen LogP contribution in [0.15, 0.2) is 54.2 Å². The van der Waals surface area contributed by atoms with Crippen molar-refractivity contribution in [2.75, 3.05) is 77.7 Å². The number of rotatable bonds is 6. The quantitative estimate of drug-likeness (QED) is 0.358. The van der Waals surface area contributed by atoms with Gasteiger partial charge in [0.25, 0.3) is 0 Å². The molecule has 2 unspecified atom stereocenters. The van der Waals surface area contributed by atoms with Crippen LogP contribution in [0.25, 0.3) is 5.70 Å². The average Bonchev–Trinajstić information content (AvgIpc) is 3.03. The summed E-state index contributed by atoms with van der Waals surface area (Å²) in [6.45, 7) is 9.65. The number of ether oxygens (including phenoxy) is 4. The zero-order valence-corrected chi connectivity index (χ0v) is 24.1. The Balaban J connectivity index is 1.38. The number of hydrogen-bond donors (Lipinski definition) is 0. The number of halogens is 3. The fourth-order valence-corrected chi connectivity index (χ4v) is 5.64. The predicted octanol–water partition coefficient (Wildman–Crippen LogP) is 4.39. The van der Waals surface area contributed by atoms with Gasteiger partial charge in [0.05, 0.1) is 45.2 Å². The lowest BCUT2D eigenvalue weighted by molar-refractivity contribution is -0.274. The number of likely N-dealkylation sites (tertiary alicyclic amines) is 1. The van der Waals surface area contributed by atoms with Crippen molar-refractivity contribution in [1.82, 2.24) is 14.8 Å². The third-order valence-corrected chi connectivity index (χ3v) is 7.81. The minimum Gasteiger partial charge on any atom is -0.484 e. The molecule has 0 spiro atoms. The second-order valence-electron chi connectivity index (χ2n) is 10.6. The molecule has 2 amide bonds. The van der Waals surface area contributed by atoms with Gasteiger partial charge in [0.2, 0.25) is 0 Å². The lowest BCUT2D eigenvalue weighted by atomic mass is 9.84. The molecule has 2 aromatic rings. The summed E-state index contributed by atoms with van der Waals surface area (Å²) in [4.78, 5) is 28.5. The van der Waals surface area contributed by atoms with Gasteiger partial charge in [-0.2, -0.15) is 0 Å². The number of alkyl halides is 3. The molecule has 0 saturated carbocycles. The lowest BCUT2D eigenvalue weighted by Crippen LogP contribution is -2.53. The van der Waals surface area contributed by atoms with Crippen LogP contribution in [-0.2, 0) is 14.2 Å². The highest BCUT2D eigenvalue weighted by Crippen LogP contribution is 2.34. The average molecular weight is 604 g/mol. The Morgan fingerprint density at radius 1 is 1.00 bits per heavy atom. The van der Waals surface area contributed by atoms with E-state index in [1.807, 2.05) is 12.1 Å². The van der Waals surface area contributed by atoms with Gasteiger partial charge in [0.1, 0.15) is 11.6 Å². The number of benzene rings is 1. The molecule has 13 heteroatoms. The minimum atomic E-state index is -4.77. The minimum absolute atomic E-state index is 0.117. The fourth-order valence-electron chi connectivity index (χ4n) is 5.64. The molecule has 3 aliphatic rings. The summed E-state index contributed by atoms with van der Waals surface area (Å²) in [7, 11) is 1.54. The monoisotopic (exact) mass is 603 g/mol. The standard InChI is InChI=1S/C30H36F3N5O5/c1-21(23-7-8-34-27(18-23)36-9-13-41-14-10-36)35-28(40-2)25-17-24(22-3-5-26(6-4-22)43-30(31,32)33)19-38(20-25)29(39)37-11-15-42-16-12-37/h3-8,18,24-25H,1,9-17,19-20H2,2H3. The van der Waals surface area contributed by atoms with Crippen molar-refractivity contribution in [3.63, 3.8) is 0 Å². The van der Waals surface area contributed by atoms with Gasteiger partial charge in [-0.1, -0.05) is 18.7 Å². The molecule has 0 bridgehead atoms. The highest BCUT2D eigenvalue weighted by molar-refractivity contribution is 5.86. The number of nitrogens with zero attached hydrogens (tertiary/aromatic N) is 5. The molecule has 10 nitrogen and oxygen atoms in total. The van der Waals surface area contributed by atoms with E-state index in [9.17, 15) is 18.0 Å². The molecule has 2 atom stereocenters. The maximum Gasteiger partial charge on any atom is 0.573 e. The van der Waals surface area contributed by atoms with Crippen molar-refractivity contribution >= 4 is 23.4 Å². The van der Waals surface area contributed by atoms with E-state index >= 15 is 0 Å². The fraction of sp³-hybridized carbons (Fsp3) is 0.500. The first-order chi connectivity index (χ1) is 20.7. The molecule has 3 saturated heterocycles. The molecular formula is C30H36F3N5O5. The van der Waals surface area contributed by atoms with Gasteiger partial charge in [-0.05, 0) is 36.2 Å². The molecule has 0 N–H and O–H groups in total. The number of aromatic nitrogens is 1. The third-order valence-electron chi connectivity index (χ3n) is 7.81.